The van der Waals surface area contributed by atoms with Crippen molar-refractivity contribution in [2.45, 2.75) is 12.0 Å². The van der Waals surface area contributed by atoms with E-state index in [1.165, 1.54) is 0 Å². The summed E-state index contributed by atoms with van der Waals surface area (Å²) in [5.74, 6) is -0.700. The Hall–Kier alpha value is -2.92. The fraction of sp³-hybridized carbons (Fsp3) is 0.273. The molecule has 5 nitrogen and oxygen atoms in total. The van der Waals surface area contributed by atoms with Gasteiger partial charge in [0.2, 0.25) is 5.91 Å². The molecule has 2 unspecified atom stereocenters. The lowest BCUT2D eigenvalue weighted by Crippen LogP contribution is -2.48. The first-order valence-electron chi connectivity index (χ1n) is 9.01. The van der Waals surface area contributed by atoms with Crippen LogP contribution in [0.1, 0.15) is 33.4 Å². The van der Waals surface area contributed by atoms with E-state index in [9.17, 15) is 9.59 Å². The van der Waals surface area contributed by atoms with Crippen LogP contribution in [0.5, 0.6) is 0 Å². The molecule has 27 heavy (non-hydrogen) atoms. The zero-order valence-corrected chi connectivity index (χ0v) is 15.4. The Morgan fingerprint density at radius 3 is 2.59 bits per heavy atom. The summed E-state index contributed by atoms with van der Waals surface area (Å²) in [6.07, 6.45) is 1.65. The number of carbonyl (C=O) groups is 2. The quantitative estimate of drug-likeness (QED) is 0.769. The van der Waals surface area contributed by atoms with Crippen molar-refractivity contribution < 1.29 is 14.3 Å². The zero-order valence-electron chi connectivity index (χ0n) is 15.4. The number of hydrogen-bond acceptors (Lipinski definition) is 3. The first-order chi connectivity index (χ1) is 13.2. The number of amides is 2. The second kappa shape index (κ2) is 8.64. The summed E-state index contributed by atoms with van der Waals surface area (Å²) in [5.41, 5.74) is 2.25. The van der Waals surface area contributed by atoms with Gasteiger partial charge >= 0.3 is 0 Å². The van der Waals surface area contributed by atoms with Gasteiger partial charge in [-0.2, -0.15) is 0 Å². The minimum absolute atomic E-state index is 0.0794. The maximum absolute atomic E-state index is 13.2. The van der Waals surface area contributed by atoms with Gasteiger partial charge in [0.15, 0.2) is 0 Å². The van der Waals surface area contributed by atoms with E-state index in [0.717, 1.165) is 11.1 Å². The number of fused-ring (bicyclic) bond motifs is 1. The maximum Gasteiger partial charge on any atom is 0.254 e. The zero-order chi connectivity index (χ0) is 19.2. The van der Waals surface area contributed by atoms with Gasteiger partial charge in [0.25, 0.3) is 5.91 Å². The van der Waals surface area contributed by atoms with E-state index < -0.39 is 12.0 Å². The summed E-state index contributed by atoms with van der Waals surface area (Å²) < 4.78 is 5.22. The lowest BCUT2D eigenvalue weighted by Gasteiger charge is -2.41. The number of benzene rings is 2. The Bertz CT molecular complexity index is 819. The van der Waals surface area contributed by atoms with E-state index >= 15 is 0 Å². The molecule has 140 valence electrons. The van der Waals surface area contributed by atoms with Gasteiger partial charge in [0, 0.05) is 25.8 Å². The maximum atomic E-state index is 13.2. The Labute approximate surface area is 159 Å². The highest BCUT2D eigenvalue weighted by atomic mass is 16.5. The van der Waals surface area contributed by atoms with Gasteiger partial charge in [0.1, 0.15) is 0 Å². The Balaban J connectivity index is 2.13. The minimum atomic E-state index is -0.502. The van der Waals surface area contributed by atoms with Crippen molar-refractivity contribution in [3.63, 3.8) is 0 Å². The van der Waals surface area contributed by atoms with Gasteiger partial charge < -0.3 is 15.0 Å². The van der Waals surface area contributed by atoms with Gasteiger partial charge in [-0.15, -0.1) is 6.58 Å². The van der Waals surface area contributed by atoms with Crippen LogP contribution < -0.4 is 5.32 Å². The van der Waals surface area contributed by atoms with Crippen LogP contribution >= 0.6 is 0 Å². The number of ether oxygens (including phenoxy) is 1. The molecule has 0 bridgehead atoms. The van der Waals surface area contributed by atoms with E-state index in [1.54, 1.807) is 24.2 Å². The second-order valence-corrected chi connectivity index (χ2v) is 6.45. The average Bonchev–Trinajstić information content (AvgIpc) is 2.71. The van der Waals surface area contributed by atoms with Crippen LogP contribution in [0.25, 0.3) is 0 Å². The third-order valence-electron chi connectivity index (χ3n) is 4.82. The molecule has 0 radical (unpaired) electrons. The number of nitrogens with zero attached hydrogens (tertiary/aromatic N) is 1. The van der Waals surface area contributed by atoms with Crippen LogP contribution in [0.4, 0.5) is 0 Å². The SMILES string of the molecule is C=CCNC(=O)C1c2ccccc2C(=O)N(CCOC)C1c1ccccc1. The van der Waals surface area contributed by atoms with E-state index in [0.29, 0.717) is 25.3 Å². The largest absolute Gasteiger partial charge is 0.383 e. The fourth-order valence-electron chi connectivity index (χ4n) is 3.61. The van der Waals surface area contributed by atoms with Gasteiger partial charge in [-0.3, -0.25) is 9.59 Å². The molecule has 2 atom stereocenters. The smallest absolute Gasteiger partial charge is 0.254 e. The summed E-state index contributed by atoms with van der Waals surface area (Å²) in [6, 6.07) is 16.6. The molecule has 2 aromatic rings. The Morgan fingerprint density at radius 1 is 1.19 bits per heavy atom. The molecule has 0 saturated heterocycles. The van der Waals surface area contributed by atoms with Crippen molar-refractivity contribution in [2.75, 3.05) is 26.8 Å². The van der Waals surface area contributed by atoms with E-state index in [-0.39, 0.29) is 11.8 Å². The molecular formula is C22H24N2O3. The van der Waals surface area contributed by atoms with Crippen LogP contribution in [0.3, 0.4) is 0 Å². The first kappa shape index (κ1) is 18.9. The minimum Gasteiger partial charge on any atom is -0.383 e. The predicted molar refractivity (Wildman–Crippen MR) is 104 cm³/mol. The number of carbonyl (C=O) groups excluding carboxylic acids is 2. The van der Waals surface area contributed by atoms with E-state index in [1.807, 2.05) is 48.5 Å². The molecular weight excluding hydrogens is 340 g/mol. The highest BCUT2D eigenvalue weighted by molar-refractivity contribution is 6.01. The third kappa shape index (κ3) is 3.78. The molecule has 1 aliphatic heterocycles. The first-order valence-corrected chi connectivity index (χ1v) is 9.01. The van der Waals surface area contributed by atoms with Crippen molar-refractivity contribution in [3.05, 3.63) is 83.9 Å². The fourth-order valence-corrected chi connectivity index (χ4v) is 3.61. The standard InChI is InChI=1S/C22H24N2O3/c1-3-13-23-21(25)19-17-11-7-8-12-18(17)22(26)24(14-15-27-2)20(19)16-9-5-4-6-10-16/h3-12,19-20H,1,13-15H2,2H3,(H,23,25). The van der Waals surface area contributed by atoms with Crippen molar-refractivity contribution in [3.8, 4) is 0 Å². The lowest BCUT2D eigenvalue weighted by atomic mass is 9.79. The van der Waals surface area contributed by atoms with Crippen molar-refractivity contribution in [1.29, 1.82) is 0 Å². The van der Waals surface area contributed by atoms with E-state index in [2.05, 4.69) is 11.9 Å². The van der Waals surface area contributed by atoms with Crippen LogP contribution in [-0.4, -0.2) is 43.5 Å². The van der Waals surface area contributed by atoms with E-state index in [4.69, 9.17) is 4.74 Å². The van der Waals surface area contributed by atoms with Gasteiger partial charge in [-0.25, -0.2) is 0 Å². The van der Waals surface area contributed by atoms with Gasteiger partial charge in [-0.05, 0) is 17.2 Å². The monoisotopic (exact) mass is 364 g/mol. The van der Waals surface area contributed by atoms with Crippen LogP contribution in [0, 0.1) is 0 Å². The number of rotatable bonds is 7. The molecule has 1 N–H and O–H groups in total. The Morgan fingerprint density at radius 2 is 1.89 bits per heavy atom. The van der Waals surface area contributed by atoms with Crippen molar-refractivity contribution >= 4 is 11.8 Å². The van der Waals surface area contributed by atoms with Crippen LogP contribution in [0.15, 0.2) is 67.3 Å². The number of hydrogen-bond donors (Lipinski definition) is 1. The highest BCUT2D eigenvalue weighted by Gasteiger charge is 2.43. The molecule has 1 heterocycles. The topological polar surface area (TPSA) is 58.6 Å². The van der Waals surface area contributed by atoms with Crippen LogP contribution in [-0.2, 0) is 9.53 Å². The number of nitrogens with one attached hydrogen (secondary N) is 1. The van der Waals surface area contributed by atoms with Crippen molar-refractivity contribution in [2.24, 2.45) is 0 Å². The normalized spacial score (nSPS) is 18.7. The molecule has 2 aromatic carbocycles. The van der Waals surface area contributed by atoms with Gasteiger partial charge in [-0.1, -0.05) is 54.6 Å². The molecule has 3 rings (SSSR count). The summed E-state index contributed by atoms with van der Waals surface area (Å²) in [7, 11) is 1.61. The molecule has 0 aromatic heterocycles. The summed E-state index contributed by atoms with van der Waals surface area (Å²) in [6.45, 7) is 4.86. The molecule has 0 fully saturated rings. The highest BCUT2D eigenvalue weighted by Crippen LogP contribution is 2.42. The second-order valence-electron chi connectivity index (χ2n) is 6.45. The molecule has 0 aliphatic carbocycles. The molecule has 2 amide bonds. The summed E-state index contributed by atoms with van der Waals surface area (Å²) in [5, 5.41) is 2.91. The van der Waals surface area contributed by atoms with Crippen LogP contribution in [0.2, 0.25) is 0 Å². The van der Waals surface area contributed by atoms with Crippen molar-refractivity contribution in [1.82, 2.24) is 10.2 Å². The third-order valence-corrected chi connectivity index (χ3v) is 4.82. The molecule has 5 heteroatoms. The predicted octanol–water partition coefficient (Wildman–Crippen LogP) is 2.92. The molecule has 0 spiro atoms. The Kier molecular flexibility index (Phi) is 6.04. The lowest BCUT2D eigenvalue weighted by molar-refractivity contribution is -0.124. The average molecular weight is 364 g/mol. The molecule has 0 saturated carbocycles. The summed E-state index contributed by atoms with van der Waals surface area (Å²) in [4.78, 5) is 28.1. The number of methoxy groups -OCH3 is 1. The molecule has 1 aliphatic rings. The van der Waals surface area contributed by atoms with Gasteiger partial charge in [0.05, 0.1) is 18.6 Å². The summed E-state index contributed by atoms with van der Waals surface area (Å²) >= 11 is 0.